The molecular formula is C15H13N5O4S. The molecule has 2 N–H and O–H groups in total. The molecule has 0 aromatic heterocycles. The SMILES string of the molecule is Cc1ccc(S(=O)(=O)N/N=C(\C(=O)O)c2ccccc2N=[N+]=[N-])cc1. The van der Waals surface area contributed by atoms with Crippen molar-refractivity contribution in [2.24, 2.45) is 10.2 Å². The van der Waals surface area contributed by atoms with E-state index in [1.54, 1.807) is 25.1 Å². The third-order valence-corrected chi connectivity index (χ3v) is 4.35. The standard InChI is InChI=1S/C15H13N5O4S/c1-10-6-8-11(9-7-10)25(23,24)20-18-14(15(21)22)12-4-2-3-5-13(12)17-19-16/h2-9,20H,1H3,(H,21,22)/b18-14-. The van der Waals surface area contributed by atoms with Crippen LogP contribution in [-0.2, 0) is 14.8 Å². The summed E-state index contributed by atoms with van der Waals surface area (Å²) in [5, 5.41) is 16.2. The lowest BCUT2D eigenvalue weighted by molar-refractivity contribution is -0.129. The first-order chi connectivity index (χ1) is 11.8. The maximum Gasteiger partial charge on any atom is 0.357 e. The molecule has 128 valence electrons. The first kappa shape index (κ1) is 18.0. The van der Waals surface area contributed by atoms with Gasteiger partial charge < -0.3 is 5.11 Å². The van der Waals surface area contributed by atoms with Gasteiger partial charge in [0.1, 0.15) is 0 Å². The van der Waals surface area contributed by atoms with Gasteiger partial charge in [0.25, 0.3) is 10.0 Å². The number of hydrogen-bond acceptors (Lipinski definition) is 5. The lowest BCUT2D eigenvalue weighted by Gasteiger charge is -2.07. The van der Waals surface area contributed by atoms with Crippen LogP contribution in [0.1, 0.15) is 11.1 Å². The Morgan fingerprint density at radius 1 is 1.16 bits per heavy atom. The summed E-state index contributed by atoms with van der Waals surface area (Å²) in [5.41, 5.74) is 8.83. The number of azide groups is 1. The summed E-state index contributed by atoms with van der Waals surface area (Å²) in [6.07, 6.45) is 0. The summed E-state index contributed by atoms with van der Waals surface area (Å²) in [4.78, 5) is 15.9. The van der Waals surface area contributed by atoms with Crippen molar-refractivity contribution in [3.8, 4) is 0 Å². The molecule has 0 amide bonds. The molecule has 0 atom stereocenters. The fourth-order valence-corrected chi connectivity index (χ4v) is 2.72. The molecule has 2 aromatic carbocycles. The summed E-state index contributed by atoms with van der Waals surface area (Å²) in [6, 6.07) is 11.8. The van der Waals surface area contributed by atoms with Gasteiger partial charge in [-0.25, -0.2) is 4.79 Å². The normalized spacial score (nSPS) is 11.5. The summed E-state index contributed by atoms with van der Waals surface area (Å²) < 4.78 is 24.4. The third kappa shape index (κ3) is 4.34. The van der Waals surface area contributed by atoms with E-state index in [0.29, 0.717) is 0 Å². The van der Waals surface area contributed by atoms with Crippen molar-refractivity contribution in [3.05, 3.63) is 70.1 Å². The summed E-state index contributed by atoms with van der Waals surface area (Å²) in [6.45, 7) is 1.80. The molecular weight excluding hydrogens is 346 g/mol. The molecule has 2 aromatic rings. The minimum absolute atomic E-state index is 0.0144. The molecule has 0 aliphatic carbocycles. The fourth-order valence-electron chi connectivity index (χ4n) is 1.91. The van der Waals surface area contributed by atoms with E-state index in [0.717, 1.165) is 5.56 Å². The van der Waals surface area contributed by atoms with Crippen molar-refractivity contribution >= 4 is 27.4 Å². The average molecular weight is 359 g/mol. The Balaban J connectivity index is 2.43. The molecule has 0 fully saturated rings. The van der Waals surface area contributed by atoms with Crippen LogP contribution in [0.4, 0.5) is 5.69 Å². The molecule has 0 unspecified atom stereocenters. The maximum absolute atomic E-state index is 12.2. The summed E-state index contributed by atoms with van der Waals surface area (Å²) >= 11 is 0. The maximum atomic E-state index is 12.2. The van der Waals surface area contributed by atoms with Gasteiger partial charge in [-0.05, 0) is 24.6 Å². The highest BCUT2D eigenvalue weighted by Gasteiger charge is 2.19. The second kappa shape index (κ2) is 7.47. The first-order valence-electron chi connectivity index (χ1n) is 6.89. The van der Waals surface area contributed by atoms with Crippen molar-refractivity contribution in [1.82, 2.24) is 4.83 Å². The number of hydrogen-bond donors (Lipinski definition) is 2. The number of aliphatic carboxylic acids is 1. The van der Waals surface area contributed by atoms with Crippen LogP contribution in [-0.4, -0.2) is 25.2 Å². The molecule has 0 aliphatic rings. The van der Waals surface area contributed by atoms with Gasteiger partial charge in [-0.15, -0.1) is 0 Å². The number of rotatable bonds is 6. The zero-order chi connectivity index (χ0) is 18.4. The van der Waals surface area contributed by atoms with Gasteiger partial charge in [-0.2, -0.15) is 18.4 Å². The van der Waals surface area contributed by atoms with E-state index >= 15 is 0 Å². The van der Waals surface area contributed by atoms with Gasteiger partial charge in [-0.1, -0.05) is 47.1 Å². The Morgan fingerprint density at radius 2 is 1.80 bits per heavy atom. The van der Waals surface area contributed by atoms with E-state index in [1.807, 2.05) is 4.83 Å². The van der Waals surface area contributed by atoms with E-state index in [-0.39, 0.29) is 16.1 Å². The lowest BCUT2D eigenvalue weighted by Crippen LogP contribution is -2.24. The number of sulfonamides is 1. The van der Waals surface area contributed by atoms with Crippen molar-refractivity contribution < 1.29 is 18.3 Å². The molecule has 0 saturated carbocycles. The number of nitrogens with zero attached hydrogens (tertiary/aromatic N) is 4. The van der Waals surface area contributed by atoms with Crippen molar-refractivity contribution in [2.45, 2.75) is 11.8 Å². The van der Waals surface area contributed by atoms with Crippen molar-refractivity contribution in [2.75, 3.05) is 0 Å². The average Bonchev–Trinajstić information content (AvgIpc) is 2.57. The van der Waals surface area contributed by atoms with Gasteiger partial charge in [0, 0.05) is 16.2 Å². The predicted molar refractivity (Wildman–Crippen MR) is 90.9 cm³/mol. The first-order valence-corrected chi connectivity index (χ1v) is 8.37. The van der Waals surface area contributed by atoms with Gasteiger partial charge in [0.15, 0.2) is 5.71 Å². The van der Waals surface area contributed by atoms with E-state index in [4.69, 9.17) is 5.53 Å². The smallest absolute Gasteiger partial charge is 0.357 e. The van der Waals surface area contributed by atoms with Crippen LogP contribution in [0.2, 0.25) is 0 Å². The number of carboxylic acid groups (broad SMARTS) is 1. The molecule has 0 bridgehead atoms. The Bertz CT molecular complexity index is 977. The highest BCUT2D eigenvalue weighted by molar-refractivity contribution is 7.89. The van der Waals surface area contributed by atoms with Gasteiger partial charge in [0.2, 0.25) is 0 Å². The van der Waals surface area contributed by atoms with Crippen LogP contribution in [0.3, 0.4) is 0 Å². The molecule has 10 heteroatoms. The molecule has 9 nitrogen and oxygen atoms in total. The Labute approximate surface area is 143 Å². The van der Waals surface area contributed by atoms with E-state index in [2.05, 4.69) is 15.1 Å². The van der Waals surface area contributed by atoms with E-state index in [1.165, 1.54) is 30.3 Å². The second-order valence-corrected chi connectivity index (χ2v) is 6.54. The molecule has 0 radical (unpaired) electrons. The van der Waals surface area contributed by atoms with Crippen LogP contribution in [0, 0.1) is 6.92 Å². The number of carboxylic acids is 1. The number of nitrogens with one attached hydrogen (secondary N) is 1. The molecule has 25 heavy (non-hydrogen) atoms. The summed E-state index contributed by atoms with van der Waals surface area (Å²) in [7, 11) is -4.04. The predicted octanol–water partition coefficient (Wildman–Crippen LogP) is 2.70. The molecule has 0 spiro atoms. The third-order valence-electron chi connectivity index (χ3n) is 3.12. The van der Waals surface area contributed by atoms with Crippen molar-refractivity contribution in [1.29, 1.82) is 0 Å². The number of benzene rings is 2. The lowest BCUT2D eigenvalue weighted by atomic mass is 10.1. The Morgan fingerprint density at radius 3 is 2.40 bits per heavy atom. The Kier molecular flexibility index (Phi) is 5.38. The van der Waals surface area contributed by atoms with Crippen LogP contribution in [0.5, 0.6) is 0 Å². The minimum atomic E-state index is -4.04. The van der Waals surface area contributed by atoms with Crippen molar-refractivity contribution in [3.63, 3.8) is 0 Å². The second-order valence-electron chi connectivity index (χ2n) is 4.88. The fraction of sp³-hybridized carbons (Fsp3) is 0.0667. The van der Waals surface area contributed by atoms with Crippen LogP contribution < -0.4 is 4.83 Å². The van der Waals surface area contributed by atoms with Crippen LogP contribution in [0.15, 0.2) is 63.6 Å². The largest absolute Gasteiger partial charge is 0.476 e. The van der Waals surface area contributed by atoms with Gasteiger partial charge >= 0.3 is 5.97 Å². The van der Waals surface area contributed by atoms with Gasteiger partial charge in [-0.3, -0.25) is 0 Å². The minimum Gasteiger partial charge on any atom is -0.476 e. The number of hydrazone groups is 1. The van der Waals surface area contributed by atoms with E-state index < -0.39 is 21.7 Å². The molecule has 0 heterocycles. The quantitative estimate of drug-likeness (QED) is 0.268. The zero-order valence-corrected chi connectivity index (χ0v) is 13.8. The number of carbonyl (C=O) groups is 1. The number of aryl methyl sites for hydroxylation is 1. The summed E-state index contributed by atoms with van der Waals surface area (Å²) in [5.74, 6) is -1.48. The molecule has 0 aliphatic heterocycles. The molecule has 0 saturated heterocycles. The van der Waals surface area contributed by atoms with Gasteiger partial charge in [0.05, 0.1) is 4.90 Å². The monoisotopic (exact) mass is 359 g/mol. The highest BCUT2D eigenvalue weighted by Crippen LogP contribution is 2.20. The molecule has 2 rings (SSSR count). The topological polar surface area (TPSA) is 145 Å². The highest BCUT2D eigenvalue weighted by atomic mass is 32.2. The van der Waals surface area contributed by atoms with Crippen LogP contribution in [0.25, 0.3) is 10.4 Å². The van der Waals surface area contributed by atoms with E-state index in [9.17, 15) is 18.3 Å². The Hall–Kier alpha value is -3.36. The zero-order valence-electron chi connectivity index (χ0n) is 13.0. The van der Waals surface area contributed by atoms with Crippen LogP contribution >= 0.6 is 0 Å².